The number of hydrogen-bond donors (Lipinski definition) is 2. The average molecular weight is 301 g/mol. The molecule has 1 aromatic carbocycles. The number of nitrogens with two attached hydrogens (primary N) is 1. The van der Waals surface area contributed by atoms with Gasteiger partial charge in [0.2, 0.25) is 0 Å². The van der Waals surface area contributed by atoms with E-state index in [-0.39, 0.29) is 5.69 Å². The van der Waals surface area contributed by atoms with Crippen molar-refractivity contribution in [2.75, 3.05) is 5.73 Å². The molecule has 0 spiro atoms. The van der Waals surface area contributed by atoms with E-state index in [4.69, 9.17) is 5.73 Å². The van der Waals surface area contributed by atoms with Gasteiger partial charge in [0.15, 0.2) is 5.16 Å². The SMILES string of the molecule is CCn1c(Sc2ccc(N)c3cnc(C)cc23)n[nH]c1=O. The molecule has 0 fully saturated rings. The molecule has 0 aliphatic carbocycles. The number of hydrogen-bond acceptors (Lipinski definition) is 5. The molecule has 0 saturated carbocycles. The van der Waals surface area contributed by atoms with Crippen LogP contribution in [0.15, 0.2) is 39.2 Å². The van der Waals surface area contributed by atoms with Gasteiger partial charge in [0.1, 0.15) is 0 Å². The van der Waals surface area contributed by atoms with Gasteiger partial charge in [-0.25, -0.2) is 9.89 Å². The standard InChI is InChI=1S/C14H15N5OS/c1-3-19-13(20)17-18-14(19)21-12-5-4-11(15)10-7-16-8(2)6-9(10)12/h4-7H,3,15H2,1-2H3,(H,17,20). The third-order valence-electron chi connectivity index (χ3n) is 3.27. The maximum atomic E-state index is 11.6. The van der Waals surface area contributed by atoms with Gasteiger partial charge in [-0.05, 0) is 43.8 Å². The number of rotatable bonds is 3. The lowest BCUT2D eigenvalue weighted by Crippen LogP contribution is -2.16. The number of anilines is 1. The van der Waals surface area contributed by atoms with E-state index in [0.717, 1.165) is 21.4 Å². The fourth-order valence-corrected chi connectivity index (χ4v) is 3.21. The van der Waals surface area contributed by atoms with E-state index in [1.54, 1.807) is 10.8 Å². The number of nitrogens with one attached hydrogen (secondary N) is 1. The van der Waals surface area contributed by atoms with E-state index in [9.17, 15) is 4.79 Å². The molecule has 2 aromatic heterocycles. The molecule has 21 heavy (non-hydrogen) atoms. The van der Waals surface area contributed by atoms with Crippen molar-refractivity contribution < 1.29 is 0 Å². The molecule has 0 amide bonds. The van der Waals surface area contributed by atoms with E-state index < -0.39 is 0 Å². The van der Waals surface area contributed by atoms with Gasteiger partial charge in [0.25, 0.3) is 0 Å². The van der Waals surface area contributed by atoms with Crippen LogP contribution in [0.5, 0.6) is 0 Å². The van der Waals surface area contributed by atoms with Gasteiger partial charge in [-0.15, -0.1) is 5.10 Å². The molecule has 3 N–H and O–H groups in total. The number of pyridine rings is 1. The molecule has 7 heteroatoms. The van der Waals surface area contributed by atoms with Crippen LogP contribution in [0.3, 0.4) is 0 Å². The first kappa shape index (κ1) is 13.7. The van der Waals surface area contributed by atoms with Crippen LogP contribution in [0, 0.1) is 6.92 Å². The van der Waals surface area contributed by atoms with Crippen molar-refractivity contribution in [1.29, 1.82) is 0 Å². The molecule has 0 saturated heterocycles. The van der Waals surface area contributed by atoms with Gasteiger partial charge in [-0.2, -0.15) is 0 Å². The Morgan fingerprint density at radius 2 is 2.19 bits per heavy atom. The maximum absolute atomic E-state index is 11.6. The minimum Gasteiger partial charge on any atom is -0.398 e. The Morgan fingerprint density at radius 1 is 1.38 bits per heavy atom. The van der Waals surface area contributed by atoms with Crippen LogP contribution < -0.4 is 11.4 Å². The maximum Gasteiger partial charge on any atom is 0.343 e. The highest BCUT2D eigenvalue weighted by Gasteiger charge is 2.12. The van der Waals surface area contributed by atoms with Gasteiger partial charge in [0.05, 0.1) is 0 Å². The van der Waals surface area contributed by atoms with Gasteiger partial charge in [-0.1, -0.05) is 0 Å². The third-order valence-corrected chi connectivity index (χ3v) is 4.34. The molecule has 0 radical (unpaired) electrons. The predicted molar refractivity (Wildman–Crippen MR) is 83.5 cm³/mol. The number of aryl methyl sites for hydroxylation is 1. The van der Waals surface area contributed by atoms with Crippen molar-refractivity contribution in [2.45, 2.75) is 30.4 Å². The number of benzene rings is 1. The second-order valence-electron chi connectivity index (χ2n) is 4.68. The van der Waals surface area contributed by atoms with E-state index in [2.05, 4.69) is 15.2 Å². The number of H-pyrrole nitrogens is 1. The van der Waals surface area contributed by atoms with Crippen molar-refractivity contribution in [1.82, 2.24) is 19.7 Å². The summed E-state index contributed by atoms with van der Waals surface area (Å²) < 4.78 is 1.60. The second kappa shape index (κ2) is 5.25. The van der Waals surface area contributed by atoms with Crippen molar-refractivity contribution in [3.05, 3.63) is 40.6 Å². The Morgan fingerprint density at radius 3 is 2.95 bits per heavy atom. The van der Waals surface area contributed by atoms with Crippen LogP contribution in [-0.4, -0.2) is 19.7 Å². The van der Waals surface area contributed by atoms with E-state index in [0.29, 0.717) is 17.4 Å². The Kier molecular flexibility index (Phi) is 3.42. The topological polar surface area (TPSA) is 89.6 Å². The summed E-state index contributed by atoms with van der Waals surface area (Å²) in [6.45, 7) is 4.43. The summed E-state index contributed by atoms with van der Waals surface area (Å²) in [5.41, 5.74) is 7.42. The number of nitrogen functional groups attached to an aromatic ring is 1. The summed E-state index contributed by atoms with van der Waals surface area (Å²) in [6.07, 6.45) is 1.78. The molecule has 108 valence electrons. The highest BCUT2D eigenvalue weighted by molar-refractivity contribution is 7.99. The first-order valence-electron chi connectivity index (χ1n) is 6.58. The lowest BCUT2D eigenvalue weighted by atomic mass is 10.1. The van der Waals surface area contributed by atoms with Crippen LogP contribution >= 0.6 is 11.8 Å². The second-order valence-corrected chi connectivity index (χ2v) is 5.69. The molecule has 3 rings (SSSR count). The van der Waals surface area contributed by atoms with Crippen LogP contribution in [-0.2, 0) is 6.54 Å². The number of fused-ring (bicyclic) bond motifs is 1. The third kappa shape index (κ3) is 2.40. The molecule has 0 unspecified atom stereocenters. The van der Waals surface area contributed by atoms with E-state index in [1.165, 1.54) is 11.8 Å². The first-order chi connectivity index (χ1) is 10.1. The summed E-state index contributed by atoms with van der Waals surface area (Å²) in [6, 6.07) is 5.79. The van der Waals surface area contributed by atoms with Gasteiger partial charge < -0.3 is 5.73 Å². The molecular weight excluding hydrogens is 286 g/mol. The molecule has 0 atom stereocenters. The summed E-state index contributed by atoms with van der Waals surface area (Å²) >= 11 is 1.44. The summed E-state index contributed by atoms with van der Waals surface area (Å²) in [4.78, 5) is 16.9. The monoisotopic (exact) mass is 301 g/mol. The van der Waals surface area contributed by atoms with Crippen molar-refractivity contribution in [3.63, 3.8) is 0 Å². The normalized spacial score (nSPS) is 11.1. The summed E-state index contributed by atoms with van der Waals surface area (Å²) in [5.74, 6) is 0. The quantitative estimate of drug-likeness (QED) is 0.724. The van der Waals surface area contributed by atoms with E-state index in [1.807, 2.05) is 32.0 Å². The molecule has 6 nitrogen and oxygen atoms in total. The van der Waals surface area contributed by atoms with Crippen LogP contribution in [0.25, 0.3) is 10.8 Å². The lowest BCUT2D eigenvalue weighted by molar-refractivity contribution is 0.660. The zero-order valence-electron chi connectivity index (χ0n) is 11.8. The number of nitrogens with zero attached hydrogens (tertiary/aromatic N) is 3. The molecule has 0 aliphatic heterocycles. The smallest absolute Gasteiger partial charge is 0.343 e. The molecular formula is C14H15N5OS. The highest BCUT2D eigenvalue weighted by atomic mass is 32.2. The highest BCUT2D eigenvalue weighted by Crippen LogP contribution is 2.34. The molecule has 0 aliphatic rings. The van der Waals surface area contributed by atoms with Crippen molar-refractivity contribution in [3.8, 4) is 0 Å². The zero-order chi connectivity index (χ0) is 15.0. The fourth-order valence-electron chi connectivity index (χ4n) is 2.19. The van der Waals surface area contributed by atoms with Crippen LogP contribution in [0.2, 0.25) is 0 Å². The summed E-state index contributed by atoms with van der Waals surface area (Å²) in [5, 5.41) is 9.12. The number of aromatic nitrogens is 4. The van der Waals surface area contributed by atoms with Gasteiger partial charge in [0, 0.05) is 39.8 Å². The molecule has 2 heterocycles. The Labute approximate surface area is 125 Å². The Balaban J connectivity index is 2.14. The minimum absolute atomic E-state index is 0.197. The number of aromatic amines is 1. The summed E-state index contributed by atoms with van der Waals surface area (Å²) in [7, 11) is 0. The van der Waals surface area contributed by atoms with E-state index >= 15 is 0 Å². The van der Waals surface area contributed by atoms with Crippen LogP contribution in [0.4, 0.5) is 5.69 Å². The average Bonchev–Trinajstić information content (AvgIpc) is 2.82. The molecule has 0 bridgehead atoms. The van der Waals surface area contributed by atoms with Crippen molar-refractivity contribution >= 4 is 28.2 Å². The van der Waals surface area contributed by atoms with Crippen molar-refractivity contribution in [2.24, 2.45) is 0 Å². The molecule has 3 aromatic rings. The Hall–Kier alpha value is -2.28. The zero-order valence-corrected chi connectivity index (χ0v) is 12.6. The van der Waals surface area contributed by atoms with Gasteiger partial charge >= 0.3 is 5.69 Å². The largest absolute Gasteiger partial charge is 0.398 e. The fraction of sp³-hybridized carbons (Fsp3) is 0.214. The first-order valence-corrected chi connectivity index (χ1v) is 7.39. The Bertz CT molecular complexity index is 867. The lowest BCUT2D eigenvalue weighted by Gasteiger charge is -2.09. The van der Waals surface area contributed by atoms with Crippen LogP contribution in [0.1, 0.15) is 12.6 Å². The predicted octanol–water partition coefficient (Wildman–Crippen LogP) is 2.18. The van der Waals surface area contributed by atoms with Gasteiger partial charge in [-0.3, -0.25) is 9.55 Å². The minimum atomic E-state index is -0.197.